The molecular weight excluding hydrogens is 302 g/mol. The summed E-state index contributed by atoms with van der Waals surface area (Å²) in [6.07, 6.45) is 7.39. The van der Waals surface area contributed by atoms with Gasteiger partial charge in [-0.05, 0) is 24.5 Å². The Balaban J connectivity index is 1.75. The molecule has 1 aromatic carbocycles. The standard InChI is InChI=1S/C18H19N5O/c19-9-13-16(15-12-7-3-4-8-14(12)23-18(15)24)20-10-21-17(13)22-11-5-1-2-6-11/h3-4,7-11,15,19H,1-2,5-6H2,(H,23,24)(H,20,21,22). The first-order valence-electron chi connectivity index (χ1n) is 8.29. The van der Waals surface area contributed by atoms with Crippen molar-refractivity contribution in [1.29, 1.82) is 5.41 Å². The number of hydrogen-bond donors (Lipinski definition) is 3. The number of hydrogen-bond acceptors (Lipinski definition) is 5. The molecular formula is C18H19N5O. The van der Waals surface area contributed by atoms with Gasteiger partial charge in [0, 0.05) is 17.9 Å². The number of carbonyl (C=O) groups excluding carboxylic acids is 1. The monoisotopic (exact) mass is 321 g/mol. The molecule has 2 aromatic rings. The van der Waals surface area contributed by atoms with Crippen molar-refractivity contribution in [3.63, 3.8) is 0 Å². The van der Waals surface area contributed by atoms with E-state index in [1.54, 1.807) is 0 Å². The maximum atomic E-state index is 12.5. The summed E-state index contributed by atoms with van der Waals surface area (Å²) >= 11 is 0. The Labute approximate surface area is 140 Å². The van der Waals surface area contributed by atoms with Crippen molar-refractivity contribution in [2.45, 2.75) is 37.6 Å². The summed E-state index contributed by atoms with van der Waals surface area (Å²) in [5.41, 5.74) is 2.90. The van der Waals surface area contributed by atoms with Crippen LogP contribution in [0.4, 0.5) is 11.5 Å². The fourth-order valence-corrected chi connectivity index (χ4v) is 3.64. The highest BCUT2D eigenvalue weighted by atomic mass is 16.2. The molecule has 0 bridgehead atoms. The third-order valence-electron chi connectivity index (χ3n) is 4.82. The van der Waals surface area contributed by atoms with E-state index in [1.165, 1.54) is 25.4 Å². The van der Waals surface area contributed by atoms with Gasteiger partial charge in [0.2, 0.25) is 5.91 Å². The molecule has 1 amide bonds. The molecule has 1 aliphatic heterocycles. The molecule has 2 aliphatic rings. The van der Waals surface area contributed by atoms with E-state index in [1.807, 2.05) is 24.3 Å². The van der Waals surface area contributed by atoms with Crippen molar-refractivity contribution in [2.24, 2.45) is 0 Å². The average Bonchev–Trinajstić information content (AvgIpc) is 3.21. The number of nitrogens with zero attached hydrogens (tertiary/aromatic N) is 2. The van der Waals surface area contributed by atoms with Crippen LogP contribution in [0.25, 0.3) is 0 Å². The molecule has 1 unspecified atom stereocenters. The summed E-state index contributed by atoms with van der Waals surface area (Å²) in [6.45, 7) is 0. The van der Waals surface area contributed by atoms with Crippen molar-refractivity contribution in [3.8, 4) is 0 Å². The Hall–Kier alpha value is -2.76. The molecule has 6 nitrogen and oxygen atoms in total. The van der Waals surface area contributed by atoms with E-state index in [-0.39, 0.29) is 5.91 Å². The number of aromatic nitrogens is 2. The number of anilines is 2. The summed E-state index contributed by atoms with van der Waals surface area (Å²) < 4.78 is 0. The molecule has 0 spiro atoms. The molecule has 24 heavy (non-hydrogen) atoms. The van der Waals surface area contributed by atoms with Crippen LogP contribution in [-0.2, 0) is 4.79 Å². The molecule has 122 valence electrons. The van der Waals surface area contributed by atoms with Gasteiger partial charge in [0.05, 0.1) is 11.3 Å². The first-order valence-corrected chi connectivity index (χ1v) is 8.29. The fraction of sp³-hybridized carbons (Fsp3) is 0.333. The summed E-state index contributed by atoms with van der Waals surface area (Å²) in [5.74, 6) is 0.0498. The van der Waals surface area contributed by atoms with Gasteiger partial charge < -0.3 is 16.0 Å². The largest absolute Gasteiger partial charge is 0.367 e. The van der Waals surface area contributed by atoms with E-state index in [4.69, 9.17) is 5.41 Å². The number of fused-ring (bicyclic) bond motifs is 1. The van der Waals surface area contributed by atoms with Crippen molar-refractivity contribution in [3.05, 3.63) is 47.4 Å². The highest BCUT2D eigenvalue weighted by Gasteiger charge is 2.35. The van der Waals surface area contributed by atoms with Crippen molar-refractivity contribution in [2.75, 3.05) is 10.6 Å². The Kier molecular flexibility index (Phi) is 3.72. The Morgan fingerprint density at radius 3 is 2.79 bits per heavy atom. The molecule has 6 heteroatoms. The summed E-state index contributed by atoms with van der Waals surface area (Å²) in [7, 11) is 0. The highest BCUT2D eigenvalue weighted by molar-refractivity contribution is 6.06. The molecule has 1 aromatic heterocycles. The smallest absolute Gasteiger partial charge is 0.238 e. The molecule has 0 saturated heterocycles. The van der Waals surface area contributed by atoms with Crippen LogP contribution in [0.15, 0.2) is 30.6 Å². The Bertz CT molecular complexity index is 798. The first-order chi connectivity index (χ1) is 11.8. The number of benzene rings is 1. The van der Waals surface area contributed by atoms with Gasteiger partial charge in [-0.1, -0.05) is 31.0 Å². The minimum atomic E-state index is -0.495. The van der Waals surface area contributed by atoms with Crippen molar-refractivity contribution >= 4 is 23.6 Å². The number of amides is 1. The summed E-state index contributed by atoms with van der Waals surface area (Å²) in [4.78, 5) is 21.2. The van der Waals surface area contributed by atoms with Crippen molar-refractivity contribution < 1.29 is 4.79 Å². The third kappa shape index (κ3) is 2.44. The van der Waals surface area contributed by atoms with Gasteiger partial charge in [-0.2, -0.15) is 0 Å². The van der Waals surface area contributed by atoms with E-state index < -0.39 is 5.92 Å². The molecule has 1 fully saturated rings. The third-order valence-corrected chi connectivity index (χ3v) is 4.82. The summed E-state index contributed by atoms with van der Waals surface area (Å²) in [6, 6.07) is 8.01. The zero-order valence-corrected chi connectivity index (χ0v) is 13.2. The molecule has 1 aliphatic carbocycles. The number of rotatable bonds is 4. The predicted octanol–water partition coefficient (Wildman–Crippen LogP) is 2.91. The molecule has 1 atom stereocenters. The van der Waals surface area contributed by atoms with E-state index in [9.17, 15) is 4.79 Å². The van der Waals surface area contributed by atoms with Crippen LogP contribution in [0.1, 0.15) is 48.4 Å². The Morgan fingerprint density at radius 1 is 1.21 bits per heavy atom. The maximum absolute atomic E-state index is 12.5. The number of para-hydroxylation sites is 1. The quantitative estimate of drug-likeness (QED) is 0.755. The van der Waals surface area contributed by atoms with Gasteiger partial charge in [-0.3, -0.25) is 4.79 Å². The lowest BCUT2D eigenvalue weighted by atomic mass is 9.94. The normalized spacial score (nSPS) is 19.8. The minimum absolute atomic E-state index is 0.107. The summed E-state index contributed by atoms with van der Waals surface area (Å²) in [5, 5.41) is 14.2. The topological polar surface area (TPSA) is 90.8 Å². The number of nitrogens with one attached hydrogen (secondary N) is 3. The van der Waals surface area contributed by atoms with E-state index in [0.29, 0.717) is 23.1 Å². The Morgan fingerprint density at radius 2 is 2.00 bits per heavy atom. The van der Waals surface area contributed by atoms with Crippen molar-refractivity contribution in [1.82, 2.24) is 9.97 Å². The van der Waals surface area contributed by atoms with Gasteiger partial charge >= 0.3 is 0 Å². The lowest BCUT2D eigenvalue weighted by molar-refractivity contribution is -0.116. The second-order valence-electron chi connectivity index (χ2n) is 6.30. The molecule has 1 saturated carbocycles. The second-order valence-corrected chi connectivity index (χ2v) is 6.30. The molecule has 2 heterocycles. The first kappa shape index (κ1) is 14.8. The fourth-order valence-electron chi connectivity index (χ4n) is 3.64. The highest BCUT2D eigenvalue weighted by Crippen LogP contribution is 2.38. The van der Waals surface area contributed by atoms with Crippen LogP contribution in [-0.4, -0.2) is 28.1 Å². The van der Waals surface area contributed by atoms with Gasteiger partial charge in [0.1, 0.15) is 18.1 Å². The van der Waals surface area contributed by atoms with Crippen LogP contribution in [0.2, 0.25) is 0 Å². The lowest BCUT2D eigenvalue weighted by Crippen LogP contribution is -2.21. The predicted molar refractivity (Wildman–Crippen MR) is 92.7 cm³/mol. The van der Waals surface area contributed by atoms with Crippen LogP contribution < -0.4 is 10.6 Å². The minimum Gasteiger partial charge on any atom is -0.367 e. The van der Waals surface area contributed by atoms with Crippen LogP contribution in [0.5, 0.6) is 0 Å². The number of carbonyl (C=O) groups is 1. The lowest BCUT2D eigenvalue weighted by Gasteiger charge is -2.18. The average molecular weight is 321 g/mol. The SMILES string of the molecule is N=Cc1c(NC2CCCC2)ncnc1C1C(=O)Nc2ccccc21. The molecule has 4 rings (SSSR count). The van der Waals surface area contributed by atoms with E-state index in [2.05, 4.69) is 20.6 Å². The maximum Gasteiger partial charge on any atom is 0.238 e. The van der Waals surface area contributed by atoms with Gasteiger partial charge in [0.25, 0.3) is 0 Å². The zero-order valence-electron chi connectivity index (χ0n) is 13.2. The van der Waals surface area contributed by atoms with Gasteiger partial charge in [-0.15, -0.1) is 0 Å². The second kappa shape index (κ2) is 6.03. The zero-order chi connectivity index (χ0) is 16.5. The van der Waals surface area contributed by atoms with E-state index in [0.717, 1.165) is 24.1 Å². The van der Waals surface area contributed by atoms with Gasteiger partial charge in [-0.25, -0.2) is 9.97 Å². The van der Waals surface area contributed by atoms with Gasteiger partial charge in [0.15, 0.2) is 0 Å². The van der Waals surface area contributed by atoms with E-state index >= 15 is 0 Å². The van der Waals surface area contributed by atoms with Crippen LogP contribution in [0.3, 0.4) is 0 Å². The van der Waals surface area contributed by atoms with Crippen LogP contribution in [0, 0.1) is 5.41 Å². The molecule has 3 N–H and O–H groups in total. The molecule has 0 radical (unpaired) electrons. The van der Waals surface area contributed by atoms with Crippen LogP contribution >= 0.6 is 0 Å².